The molecule has 0 aliphatic heterocycles. The van der Waals surface area contributed by atoms with Crippen LogP contribution in [0.25, 0.3) is 0 Å². The third kappa shape index (κ3) is 2.85. The molecule has 1 heterocycles. The van der Waals surface area contributed by atoms with E-state index in [0.717, 1.165) is 26.4 Å². The number of hydrogen-bond acceptors (Lipinski definition) is 2. The Morgan fingerprint density at radius 3 is 2.16 bits per heavy atom. The smallest absolute Gasteiger partial charge is 0.194 e. The molecule has 0 saturated carbocycles. The Balaban J connectivity index is 2.48. The second-order valence-electron chi connectivity index (χ2n) is 4.07. The largest absolute Gasteiger partial charge is 0.309 e. The standard InChI is InChI=1S/C13H11BrF3NS/c1-6-8(14)5-11(19-6)13(18-2)7-3-9(15)12(17)10(16)4-7/h3-5,13,18H,1-2H3. The summed E-state index contributed by atoms with van der Waals surface area (Å²) in [5.74, 6) is -3.80. The van der Waals surface area contributed by atoms with E-state index < -0.39 is 17.5 Å². The molecule has 0 spiro atoms. The Labute approximate surface area is 121 Å². The van der Waals surface area contributed by atoms with Gasteiger partial charge in [0, 0.05) is 14.2 Å². The number of benzene rings is 1. The van der Waals surface area contributed by atoms with Crippen molar-refractivity contribution in [2.75, 3.05) is 7.05 Å². The molecule has 2 rings (SSSR count). The van der Waals surface area contributed by atoms with Crippen LogP contribution in [0.5, 0.6) is 0 Å². The lowest BCUT2D eigenvalue weighted by Gasteiger charge is -2.15. The Bertz CT molecular complexity index is 569. The normalized spacial score (nSPS) is 12.7. The number of halogens is 4. The second-order valence-corrected chi connectivity index (χ2v) is 6.22. The minimum Gasteiger partial charge on any atom is -0.309 e. The molecule has 1 unspecified atom stereocenters. The predicted octanol–water partition coefficient (Wildman–Crippen LogP) is 4.55. The van der Waals surface area contributed by atoms with Gasteiger partial charge in [-0.25, -0.2) is 13.2 Å². The lowest BCUT2D eigenvalue weighted by molar-refractivity contribution is 0.443. The van der Waals surface area contributed by atoms with Crippen LogP contribution in [0.2, 0.25) is 0 Å². The Morgan fingerprint density at radius 1 is 1.16 bits per heavy atom. The summed E-state index contributed by atoms with van der Waals surface area (Å²) in [5.41, 5.74) is 0.354. The van der Waals surface area contributed by atoms with Gasteiger partial charge in [-0.1, -0.05) is 0 Å². The summed E-state index contributed by atoms with van der Waals surface area (Å²) in [6, 6.07) is 3.55. The molecule has 0 aliphatic carbocycles. The zero-order chi connectivity index (χ0) is 14.2. The molecule has 6 heteroatoms. The van der Waals surface area contributed by atoms with Gasteiger partial charge in [0.1, 0.15) is 0 Å². The van der Waals surface area contributed by atoms with Crippen molar-refractivity contribution in [2.45, 2.75) is 13.0 Å². The first kappa shape index (κ1) is 14.6. The highest BCUT2D eigenvalue weighted by Gasteiger charge is 2.19. The molecule has 1 aromatic carbocycles. The van der Waals surface area contributed by atoms with E-state index in [0.29, 0.717) is 5.56 Å². The molecule has 0 saturated heterocycles. The molecule has 19 heavy (non-hydrogen) atoms. The molecule has 1 atom stereocenters. The van der Waals surface area contributed by atoms with Crippen LogP contribution in [0, 0.1) is 24.4 Å². The van der Waals surface area contributed by atoms with Gasteiger partial charge in [-0.15, -0.1) is 11.3 Å². The lowest BCUT2D eigenvalue weighted by atomic mass is 10.0. The fourth-order valence-electron chi connectivity index (χ4n) is 1.84. The van der Waals surface area contributed by atoms with Crippen LogP contribution in [-0.4, -0.2) is 7.05 Å². The first-order chi connectivity index (χ1) is 8.93. The van der Waals surface area contributed by atoms with E-state index >= 15 is 0 Å². The highest BCUT2D eigenvalue weighted by atomic mass is 79.9. The summed E-state index contributed by atoms with van der Waals surface area (Å²) in [6.07, 6.45) is 0. The van der Waals surface area contributed by atoms with Crippen molar-refractivity contribution in [1.29, 1.82) is 0 Å². The van der Waals surface area contributed by atoms with Crippen LogP contribution >= 0.6 is 27.3 Å². The molecule has 1 aromatic heterocycles. The van der Waals surface area contributed by atoms with E-state index in [9.17, 15) is 13.2 Å². The first-order valence-electron chi connectivity index (χ1n) is 5.51. The number of hydrogen-bond donors (Lipinski definition) is 1. The van der Waals surface area contributed by atoms with Gasteiger partial charge in [0.25, 0.3) is 0 Å². The van der Waals surface area contributed by atoms with Crippen molar-refractivity contribution in [3.8, 4) is 0 Å². The average molecular weight is 350 g/mol. The summed E-state index contributed by atoms with van der Waals surface area (Å²) < 4.78 is 40.5. The zero-order valence-electron chi connectivity index (χ0n) is 10.2. The van der Waals surface area contributed by atoms with E-state index in [4.69, 9.17) is 0 Å². The predicted molar refractivity (Wildman–Crippen MR) is 74.0 cm³/mol. The van der Waals surface area contributed by atoms with Crippen molar-refractivity contribution in [2.24, 2.45) is 0 Å². The summed E-state index contributed by atoms with van der Waals surface area (Å²) in [7, 11) is 1.69. The Morgan fingerprint density at radius 2 is 1.74 bits per heavy atom. The summed E-state index contributed by atoms with van der Waals surface area (Å²) in [5, 5.41) is 2.98. The average Bonchev–Trinajstić information content (AvgIpc) is 2.67. The quantitative estimate of drug-likeness (QED) is 0.801. The fraction of sp³-hybridized carbons (Fsp3) is 0.231. The van der Waals surface area contributed by atoms with Gasteiger partial charge in [0.05, 0.1) is 6.04 Å². The number of aryl methyl sites for hydroxylation is 1. The molecule has 0 bridgehead atoms. The fourth-order valence-corrected chi connectivity index (χ4v) is 3.54. The molecular weight excluding hydrogens is 339 g/mol. The van der Waals surface area contributed by atoms with Crippen molar-refractivity contribution < 1.29 is 13.2 Å². The van der Waals surface area contributed by atoms with Gasteiger partial charge in [-0.3, -0.25) is 0 Å². The zero-order valence-corrected chi connectivity index (χ0v) is 12.6. The van der Waals surface area contributed by atoms with Gasteiger partial charge in [0.15, 0.2) is 17.5 Å². The SMILES string of the molecule is CNC(c1cc(F)c(F)c(F)c1)c1cc(Br)c(C)s1. The van der Waals surface area contributed by atoms with Gasteiger partial charge in [-0.05, 0) is 53.7 Å². The molecule has 2 aromatic rings. The van der Waals surface area contributed by atoms with Crippen molar-refractivity contribution in [3.05, 3.63) is 55.4 Å². The lowest BCUT2D eigenvalue weighted by Crippen LogP contribution is -2.17. The van der Waals surface area contributed by atoms with Gasteiger partial charge in [0.2, 0.25) is 0 Å². The first-order valence-corrected chi connectivity index (χ1v) is 7.12. The number of nitrogens with one attached hydrogen (secondary N) is 1. The van der Waals surface area contributed by atoms with Gasteiger partial charge < -0.3 is 5.32 Å². The molecule has 0 radical (unpaired) electrons. The van der Waals surface area contributed by atoms with E-state index in [1.807, 2.05) is 13.0 Å². The minimum atomic E-state index is -1.44. The molecule has 1 nitrogen and oxygen atoms in total. The monoisotopic (exact) mass is 349 g/mol. The number of thiophene rings is 1. The van der Waals surface area contributed by atoms with Crippen molar-refractivity contribution in [1.82, 2.24) is 5.32 Å². The maximum Gasteiger partial charge on any atom is 0.194 e. The third-order valence-electron chi connectivity index (χ3n) is 2.79. The molecular formula is C13H11BrF3NS. The Kier molecular flexibility index (Phi) is 4.32. The highest BCUT2D eigenvalue weighted by Crippen LogP contribution is 2.34. The summed E-state index contributed by atoms with van der Waals surface area (Å²) in [4.78, 5) is 1.97. The van der Waals surface area contributed by atoms with Gasteiger partial charge in [-0.2, -0.15) is 0 Å². The van der Waals surface area contributed by atoms with Crippen LogP contribution in [0.3, 0.4) is 0 Å². The summed E-state index contributed by atoms with van der Waals surface area (Å²) >= 11 is 4.91. The van der Waals surface area contributed by atoms with E-state index in [1.54, 1.807) is 7.05 Å². The Hall–Kier alpha value is -0.850. The van der Waals surface area contributed by atoms with Crippen LogP contribution in [0.15, 0.2) is 22.7 Å². The molecule has 0 amide bonds. The van der Waals surface area contributed by atoms with Crippen LogP contribution in [-0.2, 0) is 0 Å². The summed E-state index contributed by atoms with van der Waals surface area (Å²) in [6.45, 7) is 1.94. The van der Waals surface area contributed by atoms with E-state index in [1.165, 1.54) is 11.3 Å². The van der Waals surface area contributed by atoms with Crippen LogP contribution in [0.4, 0.5) is 13.2 Å². The molecule has 102 valence electrons. The maximum absolute atomic E-state index is 13.3. The molecule has 0 fully saturated rings. The molecule has 0 aliphatic rings. The van der Waals surface area contributed by atoms with Crippen LogP contribution < -0.4 is 5.32 Å². The van der Waals surface area contributed by atoms with E-state index in [-0.39, 0.29) is 6.04 Å². The minimum absolute atomic E-state index is 0.354. The highest BCUT2D eigenvalue weighted by molar-refractivity contribution is 9.10. The van der Waals surface area contributed by atoms with E-state index in [2.05, 4.69) is 21.2 Å². The maximum atomic E-state index is 13.3. The van der Waals surface area contributed by atoms with Crippen molar-refractivity contribution >= 4 is 27.3 Å². The topological polar surface area (TPSA) is 12.0 Å². The van der Waals surface area contributed by atoms with Crippen LogP contribution in [0.1, 0.15) is 21.4 Å². The van der Waals surface area contributed by atoms with Crippen molar-refractivity contribution in [3.63, 3.8) is 0 Å². The van der Waals surface area contributed by atoms with Gasteiger partial charge >= 0.3 is 0 Å². The number of rotatable bonds is 3. The second kappa shape index (κ2) is 5.64. The molecule has 1 N–H and O–H groups in total. The third-order valence-corrected chi connectivity index (χ3v) is 4.99.